The van der Waals surface area contributed by atoms with E-state index in [0.717, 1.165) is 25.7 Å². The highest BCUT2D eigenvalue weighted by atomic mass is 16.6. The molecular weight excluding hydrogens is 570 g/mol. The smallest absolute Gasteiger partial charge is 0.323 e. The van der Waals surface area contributed by atoms with Crippen LogP contribution in [0.15, 0.2) is 18.5 Å². The Morgan fingerprint density at radius 2 is 1.95 bits per heavy atom. The normalized spacial score (nSPS) is 24.5. The van der Waals surface area contributed by atoms with Crippen molar-refractivity contribution < 1.29 is 33.7 Å². The van der Waals surface area contributed by atoms with E-state index < -0.39 is 47.3 Å². The van der Waals surface area contributed by atoms with E-state index in [1.54, 1.807) is 31.7 Å². The lowest BCUT2D eigenvalue weighted by Gasteiger charge is -2.29. The molecule has 5 atom stereocenters. The maximum absolute atomic E-state index is 13.1. The lowest BCUT2D eigenvalue weighted by atomic mass is 9.87. The summed E-state index contributed by atoms with van der Waals surface area (Å²) in [7, 11) is 0. The Bertz CT molecular complexity index is 1390. The molecule has 2 fully saturated rings. The molecule has 14 nitrogen and oxygen atoms in total. The van der Waals surface area contributed by atoms with E-state index in [4.69, 9.17) is 19.9 Å². The molecule has 0 radical (unpaired) electrons. The second-order valence-corrected chi connectivity index (χ2v) is 12.5. The molecule has 14 heteroatoms. The van der Waals surface area contributed by atoms with Crippen LogP contribution in [0, 0.1) is 22.7 Å². The van der Waals surface area contributed by atoms with Crippen LogP contribution in [0.4, 0.5) is 10.6 Å². The van der Waals surface area contributed by atoms with Gasteiger partial charge in [-0.3, -0.25) is 14.9 Å². The molecule has 1 saturated carbocycles. The van der Waals surface area contributed by atoms with E-state index in [-0.39, 0.29) is 36.5 Å². The summed E-state index contributed by atoms with van der Waals surface area (Å²) in [5, 5.41) is 29.2. The summed E-state index contributed by atoms with van der Waals surface area (Å²) in [6.07, 6.45) is 1.19. The summed E-state index contributed by atoms with van der Waals surface area (Å²) in [6.45, 7) is 9.62. The third kappa shape index (κ3) is 6.64. The number of hydrogen-bond acceptors (Lipinski definition) is 11. The number of aromatic nitrogens is 3. The van der Waals surface area contributed by atoms with Gasteiger partial charge in [0.1, 0.15) is 42.8 Å². The van der Waals surface area contributed by atoms with Crippen LogP contribution in [0.25, 0.3) is 5.52 Å². The van der Waals surface area contributed by atoms with Crippen molar-refractivity contribution in [2.75, 3.05) is 25.0 Å². The Kier molecular flexibility index (Phi) is 10.1. The van der Waals surface area contributed by atoms with Gasteiger partial charge in [-0.2, -0.15) is 10.4 Å². The number of hydrogen-bond donors (Lipinski definition) is 3. The lowest BCUT2D eigenvalue weighted by molar-refractivity contribution is -0.163. The lowest BCUT2D eigenvalue weighted by Crippen LogP contribution is -2.49. The molecular formula is C30H43N7O7. The number of nitrogens with zero attached hydrogens (tertiary/aromatic N) is 5. The molecule has 240 valence electrons. The van der Waals surface area contributed by atoms with Crippen LogP contribution in [0.5, 0.6) is 0 Å². The number of amides is 2. The second-order valence-electron chi connectivity index (χ2n) is 12.5. The number of esters is 2. The number of carbonyl (C=O) groups excluding carboxylic acids is 3. The number of aliphatic hydroxyl groups is 1. The van der Waals surface area contributed by atoms with Gasteiger partial charge in [0.15, 0.2) is 11.9 Å². The third-order valence-electron chi connectivity index (χ3n) is 8.48. The summed E-state index contributed by atoms with van der Waals surface area (Å²) in [5.41, 5.74) is 3.82. The SMILES string of the molecule is CCN(CC)C(=O)Nc1ncnn2c([C@]3(C#N)O[C@H](COC(=O)CC4CCCC4)[C@@H](OC(=O)[C@@H](N)C(C)(C)C)[C@H]3O)ccc12. The van der Waals surface area contributed by atoms with Crippen LogP contribution < -0.4 is 11.1 Å². The topological polar surface area (TPSA) is 194 Å². The minimum Gasteiger partial charge on any atom is -0.463 e. The van der Waals surface area contributed by atoms with Gasteiger partial charge in [0.05, 0.1) is 5.69 Å². The van der Waals surface area contributed by atoms with E-state index in [1.165, 1.54) is 16.9 Å². The highest BCUT2D eigenvalue weighted by molar-refractivity contribution is 5.92. The minimum absolute atomic E-state index is 0.101. The molecule has 0 aromatic carbocycles. The molecule has 3 heterocycles. The van der Waals surface area contributed by atoms with Crippen molar-refractivity contribution in [1.29, 1.82) is 5.26 Å². The van der Waals surface area contributed by atoms with E-state index in [2.05, 4.69) is 15.4 Å². The summed E-state index contributed by atoms with van der Waals surface area (Å²) in [4.78, 5) is 44.2. The van der Waals surface area contributed by atoms with Crippen molar-refractivity contribution in [3.05, 3.63) is 24.2 Å². The van der Waals surface area contributed by atoms with E-state index in [0.29, 0.717) is 18.6 Å². The molecule has 0 bridgehead atoms. The zero-order valence-electron chi connectivity index (χ0n) is 26.0. The number of nitriles is 1. The maximum Gasteiger partial charge on any atom is 0.323 e. The molecule has 1 saturated heterocycles. The molecule has 0 unspecified atom stereocenters. The molecule has 1 aliphatic heterocycles. The van der Waals surface area contributed by atoms with Crippen molar-refractivity contribution in [3.8, 4) is 6.07 Å². The quantitative estimate of drug-likeness (QED) is 0.333. The monoisotopic (exact) mass is 613 g/mol. The van der Waals surface area contributed by atoms with Gasteiger partial charge < -0.3 is 30.0 Å². The van der Waals surface area contributed by atoms with Gasteiger partial charge in [0.25, 0.3) is 0 Å². The average molecular weight is 614 g/mol. The molecule has 4 N–H and O–H groups in total. The first-order valence-corrected chi connectivity index (χ1v) is 15.1. The molecule has 44 heavy (non-hydrogen) atoms. The van der Waals surface area contributed by atoms with Gasteiger partial charge in [-0.25, -0.2) is 14.3 Å². The van der Waals surface area contributed by atoms with Crippen molar-refractivity contribution >= 4 is 29.3 Å². The van der Waals surface area contributed by atoms with E-state index >= 15 is 0 Å². The number of carbonyl (C=O) groups is 3. The molecule has 2 aromatic heterocycles. The second kappa shape index (κ2) is 13.5. The standard InChI is InChI=1S/C30H43N7O7/c1-6-36(7-2)28(41)35-26-19-12-13-21(37(19)34-17-33-26)30(16-31)25(39)23(43-27(40)24(32)29(3,4)5)20(44-30)15-42-22(38)14-18-10-8-9-11-18/h12-13,17-18,20,23-25,39H,6-11,14-15,32H2,1-5H3,(H,33,34,35,41)/t20-,23-,24-,25-,30+/m1/s1. The Labute approximate surface area is 256 Å². The number of nitrogens with two attached hydrogens (primary N) is 1. The van der Waals surface area contributed by atoms with Gasteiger partial charge in [-0.1, -0.05) is 33.6 Å². The van der Waals surface area contributed by atoms with Crippen molar-refractivity contribution in [3.63, 3.8) is 0 Å². The number of anilines is 1. The maximum atomic E-state index is 13.1. The fourth-order valence-corrected chi connectivity index (χ4v) is 5.69. The predicted octanol–water partition coefficient (Wildman–Crippen LogP) is 2.49. The van der Waals surface area contributed by atoms with E-state index in [1.807, 2.05) is 19.9 Å². The van der Waals surface area contributed by atoms with Crippen LogP contribution in [0.3, 0.4) is 0 Å². The molecule has 2 aromatic rings. The van der Waals surface area contributed by atoms with Gasteiger partial charge in [0, 0.05) is 19.5 Å². The van der Waals surface area contributed by atoms with Crippen LogP contribution in [0.1, 0.15) is 72.4 Å². The first kappa shape index (κ1) is 33.1. The number of nitrogens with one attached hydrogen (secondary N) is 1. The summed E-state index contributed by atoms with van der Waals surface area (Å²) >= 11 is 0. The number of fused-ring (bicyclic) bond motifs is 1. The Morgan fingerprint density at radius 1 is 1.27 bits per heavy atom. The molecule has 4 rings (SSSR count). The first-order chi connectivity index (χ1) is 20.9. The predicted molar refractivity (Wildman–Crippen MR) is 158 cm³/mol. The summed E-state index contributed by atoms with van der Waals surface area (Å²) in [5.74, 6) is -0.807. The van der Waals surface area contributed by atoms with Crippen LogP contribution in [-0.4, -0.2) is 86.6 Å². The number of rotatable bonds is 10. The average Bonchev–Trinajstić information content (AvgIpc) is 3.72. The van der Waals surface area contributed by atoms with Crippen molar-refractivity contribution in [2.24, 2.45) is 17.1 Å². The fraction of sp³-hybridized carbons (Fsp3) is 0.667. The molecule has 2 amide bonds. The van der Waals surface area contributed by atoms with Crippen molar-refractivity contribution in [1.82, 2.24) is 19.5 Å². The Morgan fingerprint density at radius 3 is 2.57 bits per heavy atom. The Hall–Kier alpha value is -3.80. The van der Waals surface area contributed by atoms with Crippen LogP contribution >= 0.6 is 0 Å². The number of urea groups is 1. The number of ether oxygens (including phenoxy) is 3. The largest absolute Gasteiger partial charge is 0.463 e. The highest BCUT2D eigenvalue weighted by Crippen LogP contribution is 2.42. The minimum atomic E-state index is -2.10. The van der Waals surface area contributed by atoms with E-state index in [9.17, 15) is 24.8 Å². The summed E-state index contributed by atoms with van der Waals surface area (Å²) < 4.78 is 18.7. The van der Waals surface area contributed by atoms with Gasteiger partial charge >= 0.3 is 18.0 Å². The summed E-state index contributed by atoms with van der Waals surface area (Å²) in [6, 6.07) is 3.72. The molecule has 1 aliphatic carbocycles. The third-order valence-corrected chi connectivity index (χ3v) is 8.48. The van der Waals surface area contributed by atoms with Crippen LogP contribution in [0.2, 0.25) is 0 Å². The first-order valence-electron chi connectivity index (χ1n) is 15.1. The number of aliphatic hydroxyl groups excluding tert-OH is 1. The Balaban J connectivity index is 1.65. The highest BCUT2D eigenvalue weighted by Gasteiger charge is 2.60. The molecule has 2 aliphatic rings. The zero-order valence-corrected chi connectivity index (χ0v) is 26.0. The van der Waals surface area contributed by atoms with Crippen molar-refractivity contribution in [2.45, 2.75) is 96.7 Å². The fourth-order valence-electron chi connectivity index (χ4n) is 5.69. The van der Waals surface area contributed by atoms with Gasteiger partial charge in [-0.15, -0.1) is 0 Å². The van der Waals surface area contributed by atoms with Gasteiger partial charge in [-0.05, 0) is 50.2 Å². The van der Waals surface area contributed by atoms with Crippen LogP contribution in [-0.2, 0) is 29.4 Å². The van der Waals surface area contributed by atoms with Gasteiger partial charge in [0.2, 0.25) is 5.60 Å². The zero-order chi connectivity index (χ0) is 32.2. The molecule has 0 spiro atoms.